The monoisotopic (exact) mass is 475 g/mol. The maximum Gasteiger partial charge on any atom is 0.342 e. The molecule has 2 aromatic carbocycles. The molecule has 3 N–H and O–H groups in total. The van der Waals surface area contributed by atoms with Crippen molar-refractivity contribution in [3.05, 3.63) is 68.8 Å². The van der Waals surface area contributed by atoms with Crippen LogP contribution in [0.5, 0.6) is 11.5 Å². The van der Waals surface area contributed by atoms with Crippen LogP contribution in [0.4, 0.5) is 0 Å². The van der Waals surface area contributed by atoms with Gasteiger partial charge in [-0.2, -0.15) is 0 Å². The number of halogens is 1. The average Bonchev–Trinajstić information content (AvgIpc) is 3.16. The first-order valence-electron chi connectivity index (χ1n) is 9.11. The zero-order valence-electron chi connectivity index (χ0n) is 17.0. The summed E-state index contributed by atoms with van der Waals surface area (Å²) in [5.74, 6) is -1.07. The number of aliphatic carboxylic acids is 1. The molecule has 0 bridgehead atoms. The fourth-order valence-corrected chi connectivity index (χ4v) is 3.69. The van der Waals surface area contributed by atoms with Gasteiger partial charge in [-0.05, 0) is 60.2 Å². The zero-order chi connectivity index (χ0) is 23.3. The van der Waals surface area contributed by atoms with E-state index in [1.165, 1.54) is 25.3 Å². The van der Waals surface area contributed by atoms with Crippen molar-refractivity contribution >= 4 is 41.4 Å². The number of H-pyrrole nitrogens is 1. The van der Waals surface area contributed by atoms with Gasteiger partial charge in [0.1, 0.15) is 17.3 Å². The van der Waals surface area contributed by atoms with Gasteiger partial charge >= 0.3 is 11.9 Å². The summed E-state index contributed by atoms with van der Waals surface area (Å²) >= 11 is 7.27. The maximum absolute atomic E-state index is 11.7. The molecule has 3 rings (SSSR count). The first-order valence-corrected chi connectivity index (χ1v) is 10.3. The minimum atomic E-state index is -1.15. The van der Waals surface area contributed by atoms with Crippen LogP contribution in [0.1, 0.15) is 27.3 Å². The number of aromatic carboxylic acids is 1. The van der Waals surface area contributed by atoms with E-state index >= 15 is 0 Å². The van der Waals surface area contributed by atoms with E-state index in [1.54, 1.807) is 31.2 Å². The highest BCUT2D eigenvalue weighted by Gasteiger charge is 2.16. The molecule has 32 heavy (non-hydrogen) atoms. The number of aromatic amines is 1. The van der Waals surface area contributed by atoms with Gasteiger partial charge in [0.2, 0.25) is 5.16 Å². The number of nitrogens with zero attached hydrogens (tertiary/aromatic N) is 2. The van der Waals surface area contributed by atoms with Crippen LogP contribution < -0.4 is 9.47 Å². The van der Waals surface area contributed by atoms with Crippen LogP contribution in [0.2, 0.25) is 5.02 Å². The van der Waals surface area contributed by atoms with Crippen LogP contribution in [-0.2, 0) is 11.4 Å². The summed E-state index contributed by atoms with van der Waals surface area (Å²) in [7, 11) is 1.43. The second kappa shape index (κ2) is 10.2. The third kappa shape index (κ3) is 5.80. The fourth-order valence-electron chi connectivity index (χ4n) is 2.67. The molecule has 0 aliphatic heterocycles. The molecule has 1 aromatic heterocycles. The van der Waals surface area contributed by atoms with Crippen molar-refractivity contribution in [3.8, 4) is 11.5 Å². The number of carboxylic acid groups (broad SMARTS) is 2. The van der Waals surface area contributed by atoms with Crippen molar-refractivity contribution in [1.29, 1.82) is 0 Å². The van der Waals surface area contributed by atoms with Gasteiger partial charge in [0.15, 0.2) is 11.5 Å². The standard InChI is InChI=1S/C21H18ClN3O6S/c1-11-23-21(25-24-11)32-17(20(28)29)9-13-7-15(22)18(16(8-13)30-2)31-10-12-4-3-5-14(6-12)19(26)27/h3-9H,10H2,1-2H3,(H,26,27)(H,28,29)(H,23,24,25)/b17-9-. The highest BCUT2D eigenvalue weighted by molar-refractivity contribution is 8.04. The van der Waals surface area contributed by atoms with Crippen molar-refractivity contribution in [3.63, 3.8) is 0 Å². The van der Waals surface area contributed by atoms with Gasteiger partial charge in [-0.3, -0.25) is 5.10 Å². The van der Waals surface area contributed by atoms with E-state index in [0.717, 1.165) is 11.8 Å². The number of ether oxygens (including phenoxy) is 2. The smallest absolute Gasteiger partial charge is 0.342 e. The molecule has 9 nitrogen and oxygen atoms in total. The summed E-state index contributed by atoms with van der Waals surface area (Å²) in [4.78, 5) is 26.9. The lowest BCUT2D eigenvalue weighted by Gasteiger charge is -2.14. The van der Waals surface area contributed by atoms with Crippen LogP contribution in [0.3, 0.4) is 0 Å². The number of aryl methyl sites for hydroxylation is 1. The fraction of sp³-hybridized carbons (Fsp3) is 0.143. The number of hydrogen-bond acceptors (Lipinski definition) is 7. The highest BCUT2D eigenvalue weighted by atomic mass is 35.5. The molecule has 1 heterocycles. The Kier molecular flexibility index (Phi) is 7.39. The molecule has 0 aliphatic rings. The van der Waals surface area contributed by atoms with E-state index in [1.807, 2.05) is 0 Å². The van der Waals surface area contributed by atoms with Crippen LogP contribution >= 0.6 is 23.4 Å². The second-order valence-electron chi connectivity index (χ2n) is 6.45. The van der Waals surface area contributed by atoms with Gasteiger partial charge in [0, 0.05) is 0 Å². The SMILES string of the molecule is COc1cc(/C=C(\Sc2n[nH]c(C)n2)C(=O)O)cc(Cl)c1OCc1cccc(C(=O)O)c1. The molecule has 3 aromatic rings. The predicted molar refractivity (Wildman–Crippen MR) is 118 cm³/mol. The molecule has 0 spiro atoms. The number of carboxylic acids is 2. The lowest BCUT2D eigenvalue weighted by Crippen LogP contribution is -2.02. The quantitative estimate of drug-likeness (QED) is 0.306. The Morgan fingerprint density at radius 2 is 2.03 bits per heavy atom. The number of aromatic nitrogens is 3. The molecule has 0 saturated carbocycles. The molecule has 0 aliphatic carbocycles. The Bertz CT molecular complexity index is 1190. The summed E-state index contributed by atoms with van der Waals surface area (Å²) in [5.41, 5.74) is 1.26. The molecule has 11 heteroatoms. The normalized spacial score (nSPS) is 11.3. The van der Waals surface area contributed by atoms with Crippen molar-refractivity contribution in [2.75, 3.05) is 7.11 Å². The summed E-state index contributed by atoms with van der Waals surface area (Å²) in [6.45, 7) is 1.77. The lowest BCUT2D eigenvalue weighted by molar-refractivity contribution is -0.131. The maximum atomic E-state index is 11.7. The Morgan fingerprint density at radius 3 is 2.66 bits per heavy atom. The molecule has 0 saturated heterocycles. The average molecular weight is 476 g/mol. The van der Waals surface area contributed by atoms with E-state index in [0.29, 0.717) is 22.7 Å². The first kappa shape index (κ1) is 23.2. The largest absolute Gasteiger partial charge is 0.493 e. The highest BCUT2D eigenvalue weighted by Crippen LogP contribution is 2.38. The molecular weight excluding hydrogens is 458 g/mol. The summed E-state index contributed by atoms with van der Waals surface area (Å²) in [6, 6.07) is 9.46. The topological polar surface area (TPSA) is 135 Å². The van der Waals surface area contributed by atoms with Crippen LogP contribution in [0.25, 0.3) is 6.08 Å². The summed E-state index contributed by atoms with van der Waals surface area (Å²) in [6.07, 6.45) is 1.42. The van der Waals surface area contributed by atoms with E-state index in [9.17, 15) is 14.7 Å². The third-order valence-electron chi connectivity index (χ3n) is 4.10. The number of thioether (sulfide) groups is 1. The molecule has 0 atom stereocenters. The van der Waals surface area contributed by atoms with Crippen molar-refractivity contribution in [2.45, 2.75) is 18.7 Å². The summed E-state index contributed by atoms with van der Waals surface area (Å²) in [5, 5.41) is 25.7. The van der Waals surface area contributed by atoms with Gasteiger partial charge in [-0.1, -0.05) is 23.7 Å². The molecular formula is C21H18ClN3O6S. The van der Waals surface area contributed by atoms with E-state index in [4.69, 9.17) is 26.2 Å². The molecule has 0 radical (unpaired) electrons. The molecule has 0 amide bonds. The third-order valence-corrected chi connectivity index (χ3v) is 5.25. The Labute approximate surface area is 192 Å². The van der Waals surface area contributed by atoms with Crippen molar-refractivity contribution < 1.29 is 29.3 Å². The number of carbonyl (C=O) groups is 2. The predicted octanol–water partition coefficient (Wildman–Crippen LogP) is 4.27. The Balaban J connectivity index is 1.85. The van der Waals surface area contributed by atoms with Gasteiger partial charge in [-0.15, -0.1) is 5.10 Å². The number of benzene rings is 2. The number of hydrogen-bond donors (Lipinski definition) is 3. The van der Waals surface area contributed by atoms with Crippen molar-refractivity contribution in [2.24, 2.45) is 0 Å². The summed E-state index contributed by atoms with van der Waals surface area (Å²) < 4.78 is 11.1. The minimum Gasteiger partial charge on any atom is -0.493 e. The zero-order valence-corrected chi connectivity index (χ0v) is 18.5. The van der Waals surface area contributed by atoms with Gasteiger partial charge in [-0.25, -0.2) is 14.6 Å². The van der Waals surface area contributed by atoms with Gasteiger partial charge < -0.3 is 19.7 Å². The van der Waals surface area contributed by atoms with Gasteiger partial charge in [0.25, 0.3) is 0 Å². The Morgan fingerprint density at radius 1 is 1.25 bits per heavy atom. The van der Waals surface area contributed by atoms with Gasteiger partial charge in [0.05, 0.1) is 17.7 Å². The Hall–Kier alpha value is -3.50. The van der Waals surface area contributed by atoms with E-state index < -0.39 is 11.9 Å². The minimum absolute atomic E-state index is 0.0127. The lowest BCUT2D eigenvalue weighted by atomic mass is 10.1. The first-order chi connectivity index (χ1) is 15.3. The van der Waals surface area contributed by atoms with E-state index in [2.05, 4.69) is 15.2 Å². The number of rotatable bonds is 9. The molecule has 166 valence electrons. The van der Waals surface area contributed by atoms with Crippen LogP contribution in [-0.4, -0.2) is 44.4 Å². The molecule has 0 fully saturated rings. The van der Waals surface area contributed by atoms with Crippen molar-refractivity contribution in [1.82, 2.24) is 15.2 Å². The van der Waals surface area contributed by atoms with Crippen LogP contribution in [0.15, 0.2) is 46.5 Å². The molecule has 0 unspecified atom stereocenters. The van der Waals surface area contributed by atoms with E-state index in [-0.39, 0.29) is 33.0 Å². The van der Waals surface area contributed by atoms with Crippen LogP contribution in [0, 0.1) is 6.92 Å². The number of nitrogens with one attached hydrogen (secondary N) is 1. The number of methoxy groups -OCH3 is 1. The second-order valence-corrected chi connectivity index (χ2v) is 7.86.